The highest BCUT2D eigenvalue weighted by atomic mass is 16.5. The number of rotatable bonds is 3. The van der Waals surface area contributed by atoms with Crippen molar-refractivity contribution < 1.29 is 9.53 Å². The van der Waals surface area contributed by atoms with Crippen molar-refractivity contribution in [3.63, 3.8) is 0 Å². The highest BCUT2D eigenvalue weighted by molar-refractivity contribution is 5.68. The molecule has 0 aromatic rings. The molecule has 0 fully saturated rings. The van der Waals surface area contributed by atoms with E-state index in [9.17, 15) is 4.79 Å². The Hall–Kier alpha value is -0.790. The van der Waals surface area contributed by atoms with Crippen molar-refractivity contribution in [2.45, 2.75) is 20.8 Å². The van der Waals surface area contributed by atoms with Crippen LogP contribution in [-0.4, -0.2) is 12.6 Å². The number of hydrogen-bond donors (Lipinski definition) is 0. The van der Waals surface area contributed by atoms with Crippen LogP contribution < -0.4 is 0 Å². The minimum Gasteiger partial charge on any atom is -0.461 e. The fourth-order valence-corrected chi connectivity index (χ4v) is 0.254. The highest BCUT2D eigenvalue weighted by Crippen LogP contribution is 1.82. The van der Waals surface area contributed by atoms with E-state index in [0.29, 0.717) is 13.0 Å². The van der Waals surface area contributed by atoms with Crippen molar-refractivity contribution in [3.05, 3.63) is 12.7 Å². The molecule has 0 unspecified atom stereocenters. The summed E-state index contributed by atoms with van der Waals surface area (Å²) < 4.78 is 4.58. The lowest BCUT2D eigenvalue weighted by molar-refractivity contribution is -0.141. The Morgan fingerprint density at radius 1 is 1.78 bits per heavy atom. The molecule has 9 heavy (non-hydrogen) atoms. The van der Waals surface area contributed by atoms with Crippen LogP contribution in [0.3, 0.4) is 0 Å². The Bertz CT molecular complexity index is 86.9. The molecule has 54 valence electrons. The van der Waals surface area contributed by atoms with Gasteiger partial charge in [-0.3, -0.25) is 4.79 Å². The standard InChI is InChI=1S/C6H10O2.CH4/c1-3-5-8-6(7)4-2;/h3H,1,4-5H2,2H3;1H4. The van der Waals surface area contributed by atoms with Crippen LogP contribution in [0.15, 0.2) is 12.7 Å². The van der Waals surface area contributed by atoms with Gasteiger partial charge in [0.05, 0.1) is 0 Å². The maximum atomic E-state index is 10.3. The monoisotopic (exact) mass is 130 g/mol. The highest BCUT2D eigenvalue weighted by Gasteiger charge is 1.92. The van der Waals surface area contributed by atoms with E-state index in [-0.39, 0.29) is 13.4 Å². The summed E-state index contributed by atoms with van der Waals surface area (Å²) in [6.07, 6.45) is 1.99. The Kier molecular flexibility index (Phi) is 8.87. The third-order valence-corrected chi connectivity index (χ3v) is 0.651. The summed E-state index contributed by atoms with van der Waals surface area (Å²) >= 11 is 0. The number of hydrogen-bond acceptors (Lipinski definition) is 2. The van der Waals surface area contributed by atoms with Crippen LogP contribution >= 0.6 is 0 Å². The Morgan fingerprint density at radius 2 is 2.33 bits per heavy atom. The third-order valence-electron chi connectivity index (χ3n) is 0.651. The quantitative estimate of drug-likeness (QED) is 0.430. The van der Waals surface area contributed by atoms with Crippen LogP contribution in [0.25, 0.3) is 0 Å². The molecule has 0 saturated heterocycles. The van der Waals surface area contributed by atoms with Gasteiger partial charge in [-0.2, -0.15) is 0 Å². The lowest BCUT2D eigenvalue weighted by Crippen LogP contribution is -2.00. The van der Waals surface area contributed by atoms with E-state index < -0.39 is 0 Å². The molecule has 0 atom stereocenters. The van der Waals surface area contributed by atoms with Crippen molar-refractivity contribution >= 4 is 5.97 Å². The molecule has 0 aliphatic rings. The van der Waals surface area contributed by atoms with Crippen LogP contribution in [0.1, 0.15) is 20.8 Å². The predicted molar refractivity (Wildman–Crippen MR) is 38.2 cm³/mol. The summed E-state index contributed by atoms with van der Waals surface area (Å²) in [5, 5.41) is 0. The lowest BCUT2D eigenvalue weighted by atomic mass is 10.5. The van der Waals surface area contributed by atoms with Crippen LogP contribution in [0.2, 0.25) is 0 Å². The normalized spacial score (nSPS) is 7.22. The van der Waals surface area contributed by atoms with Gasteiger partial charge in [0, 0.05) is 6.42 Å². The first-order valence-corrected chi connectivity index (χ1v) is 2.57. The molecule has 0 saturated carbocycles. The third kappa shape index (κ3) is 7.21. The van der Waals surface area contributed by atoms with Crippen molar-refractivity contribution in [1.29, 1.82) is 0 Å². The number of carbonyl (C=O) groups excluding carboxylic acids is 1. The molecule has 0 amide bonds. The summed E-state index contributed by atoms with van der Waals surface area (Å²) in [5.41, 5.74) is 0. The zero-order valence-corrected chi connectivity index (χ0v) is 5.02. The van der Waals surface area contributed by atoms with Gasteiger partial charge in [0.1, 0.15) is 6.61 Å². The second-order valence-electron chi connectivity index (χ2n) is 1.33. The summed E-state index contributed by atoms with van der Waals surface area (Å²) in [7, 11) is 0. The van der Waals surface area contributed by atoms with Crippen molar-refractivity contribution in [2.75, 3.05) is 6.61 Å². The van der Waals surface area contributed by atoms with Crippen LogP contribution in [0.4, 0.5) is 0 Å². The summed E-state index contributed by atoms with van der Waals surface area (Å²) in [4.78, 5) is 10.3. The first-order chi connectivity index (χ1) is 3.81. The minimum atomic E-state index is -0.176. The Labute approximate surface area is 56.5 Å². The van der Waals surface area contributed by atoms with Gasteiger partial charge >= 0.3 is 5.97 Å². The Balaban J connectivity index is 0. The zero-order chi connectivity index (χ0) is 6.41. The molecule has 0 heterocycles. The zero-order valence-electron chi connectivity index (χ0n) is 5.02. The molecule has 2 nitrogen and oxygen atoms in total. The smallest absolute Gasteiger partial charge is 0.305 e. The van der Waals surface area contributed by atoms with E-state index in [1.54, 1.807) is 13.0 Å². The molecule has 2 heteroatoms. The van der Waals surface area contributed by atoms with Gasteiger partial charge < -0.3 is 4.74 Å². The average Bonchev–Trinajstić information content (AvgIpc) is 1.83. The van der Waals surface area contributed by atoms with Crippen molar-refractivity contribution in [3.8, 4) is 0 Å². The molecule has 0 aliphatic heterocycles. The van der Waals surface area contributed by atoms with E-state index in [1.807, 2.05) is 0 Å². The van der Waals surface area contributed by atoms with Crippen molar-refractivity contribution in [1.82, 2.24) is 0 Å². The molecule has 0 radical (unpaired) electrons. The fraction of sp³-hybridized carbons (Fsp3) is 0.571. The molecule has 0 aliphatic carbocycles. The molecule has 0 aromatic heterocycles. The van der Waals surface area contributed by atoms with Gasteiger partial charge in [-0.15, -0.1) is 0 Å². The maximum Gasteiger partial charge on any atom is 0.305 e. The summed E-state index contributed by atoms with van der Waals surface area (Å²) in [6, 6.07) is 0. The van der Waals surface area contributed by atoms with E-state index in [4.69, 9.17) is 0 Å². The molecular formula is C7H14O2. The largest absolute Gasteiger partial charge is 0.461 e. The molecule has 0 aromatic carbocycles. The molecule has 0 spiro atoms. The molecule has 0 N–H and O–H groups in total. The van der Waals surface area contributed by atoms with Gasteiger partial charge in [-0.05, 0) is 0 Å². The number of esters is 1. The van der Waals surface area contributed by atoms with E-state index in [2.05, 4.69) is 11.3 Å². The first kappa shape index (κ1) is 11.1. The van der Waals surface area contributed by atoms with E-state index in [0.717, 1.165) is 0 Å². The van der Waals surface area contributed by atoms with Gasteiger partial charge in [0.15, 0.2) is 0 Å². The van der Waals surface area contributed by atoms with E-state index >= 15 is 0 Å². The molecule has 0 bridgehead atoms. The summed E-state index contributed by atoms with van der Waals surface area (Å²) in [5.74, 6) is -0.176. The SMILES string of the molecule is C.C=CCOC(=O)CC. The minimum absolute atomic E-state index is 0. The molecule has 0 rings (SSSR count). The van der Waals surface area contributed by atoms with E-state index in [1.165, 1.54) is 0 Å². The second-order valence-corrected chi connectivity index (χ2v) is 1.33. The topological polar surface area (TPSA) is 26.3 Å². The second kappa shape index (κ2) is 7.21. The van der Waals surface area contributed by atoms with Crippen molar-refractivity contribution in [2.24, 2.45) is 0 Å². The Morgan fingerprint density at radius 3 is 2.67 bits per heavy atom. The molecular weight excluding hydrogens is 116 g/mol. The van der Waals surface area contributed by atoms with Crippen LogP contribution in [0.5, 0.6) is 0 Å². The lowest BCUT2D eigenvalue weighted by Gasteiger charge is -1.94. The first-order valence-electron chi connectivity index (χ1n) is 2.57. The summed E-state index contributed by atoms with van der Waals surface area (Å²) in [6.45, 7) is 5.47. The maximum absolute atomic E-state index is 10.3. The van der Waals surface area contributed by atoms with Gasteiger partial charge in [-0.25, -0.2) is 0 Å². The van der Waals surface area contributed by atoms with Gasteiger partial charge in [0.25, 0.3) is 0 Å². The van der Waals surface area contributed by atoms with Crippen LogP contribution in [-0.2, 0) is 9.53 Å². The van der Waals surface area contributed by atoms with Gasteiger partial charge in [0.2, 0.25) is 0 Å². The predicted octanol–water partition coefficient (Wildman–Crippen LogP) is 1.76. The number of ether oxygens (including phenoxy) is 1. The average molecular weight is 130 g/mol. The van der Waals surface area contributed by atoms with Gasteiger partial charge in [-0.1, -0.05) is 27.0 Å². The number of carbonyl (C=O) groups is 1. The fourth-order valence-electron chi connectivity index (χ4n) is 0.254. The van der Waals surface area contributed by atoms with Crippen LogP contribution in [0, 0.1) is 0 Å².